The predicted molar refractivity (Wildman–Crippen MR) is 99.8 cm³/mol. The van der Waals surface area contributed by atoms with E-state index >= 15 is 0 Å². The SMILES string of the molecule is O=C1CCC(N2Cc3c(CN[C@H]4CCCCNC4)cccc3C2=O)C(=O)N1. The molecule has 0 saturated carbocycles. The summed E-state index contributed by atoms with van der Waals surface area (Å²) < 4.78 is 0. The molecular formula is C20H26N4O3. The Hall–Kier alpha value is -2.25. The number of amides is 3. The number of carbonyl (C=O) groups is 3. The van der Waals surface area contributed by atoms with E-state index in [1.807, 2.05) is 12.1 Å². The number of hydrogen-bond donors (Lipinski definition) is 3. The molecule has 2 saturated heterocycles. The Bertz CT molecular complexity index is 756. The number of imide groups is 1. The lowest BCUT2D eigenvalue weighted by molar-refractivity contribution is -0.136. The maximum atomic E-state index is 12.9. The monoisotopic (exact) mass is 370 g/mol. The highest BCUT2D eigenvalue weighted by Gasteiger charge is 2.39. The molecule has 0 aliphatic carbocycles. The fourth-order valence-electron chi connectivity index (χ4n) is 4.26. The van der Waals surface area contributed by atoms with Crippen molar-refractivity contribution < 1.29 is 14.4 Å². The standard InChI is InChI=1S/C20H26N4O3/c25-18-8-7-17(19(26)23-18)24-12-16-13(4-3-6-15(16)20(24)27)10-22-14-5-1-2-9-21-11-14/h3-4,6,14,17,21-22H,1-2,5,7-12H2,(H,23,25,26)/t14-,17?/m0/s1. The fourth-order valence-corrected chi connectivity index (χ4v) is 4.26. The van der Waals surface area contributed by atoms with Crippen molar-refractivity contribution in [3.8, 4) is 0 Å². The molecule has 0 bridgehead atoms. The molecular weight excluding hydrogens is 344 g/mol. The summed E-state index contributed by atoms with van der Waals surface area (Å²) in [6.45, 7) is 3.19. The maximum Gasteiger partial charge on any atom is 0.255 e. The molecule has 3 heterocycles. The first-order valence-electron chi connectivity index (χ1n) is 9.83. The van der Waals surface area contributed by atoms with Gasteiger partial charge in [0.05, 0.1) is 0 Å². The number of fused-ring (bicyclic) bond motifs is 1. The van der Waals surface area contributed by atoms with Crippen molar-refractivity contribution in [2.45, 2.75) is 57.3 Å². The van der Waals surface area contributed by atoms with E-state index < -0.39 is 6.04 Å². The molecule has 0 radical (unpaired) electrons. The van der Waals surface area contributed by atoms with Gasteiger partial charge in [0, 0.05) is 37.7 Å². The van der Waals surface area contributed by atoms with Crippen LogP contribution in [0.5, 0.6) is 0 Å². The van der Waals surface area contributed by atoms with Gasteiger partial charge < -0.3 is 15.5 Å². The third-order valence-electron chi connectivity index (χ3n) is 5.81. The van der Waals surface area contributed by atoms with Gasteiger partial charge in [-0.25, -0.2) is 0 Å². The van der Waals surface area contributed by atoms with Gasteiger partial charge in [-0.05, 0) is 43.0 Å². The van der Waals surface area contributed by atoms with Crippen LogP contribution >= 0.6 is 0 Å². The van der Waals surface area contributed by atoms with E-state index in [1.54, 1.807) is 4.90 Å². The Morgan fingerprint density at radius 3 is 2.89 bits per heavy atom. The lowest BCUT2D eigenvalue weighted by Gasteiger charge is -2.29. The molecule has 1 aromatic rings. The highest BCUT2D eigenvalue weighted by atomic mass is 16.2. The maximum absolute atomic E-state index is 12.9. The van der Waals surface area contributed by atoms with E-state index in [-0.39, 0.29) is 24.1 Å². The highest BCUT2D eigenvalue weighted by molar-refractivity contribution is 6.05. The van der Waals surface area contributed by atoms with Crippen LogP contribution in [0.3, 0.4) is 0 Å². The number of rotatable bonds is 4. The van der Waals surface area contributed by atoms with Crippen molar-refractivity contribution in [3.05, 3.63) is 34.9 Å². The lowest BCUT2D eigenvalue weighted by atomic mass is 10.0. The number of benzene rings is 1. The predicted octanol–water partition coefficient (Wildman–Crippen LogP) is 0.679. The van der Waals surface area contributed by atoms with Crippen LogP contribution < -0.4 is 16.0 Å². The minimum atomic E-state index is -0.561. The zero-order valence-corrected chi connectivity index (χ0v) is 15.4. The summed E-state index contributed by atoms with van der Waals surface area (Å²) in [7, 11) is 0. The van der Waals surface area contributed by atoms with Crippen LogP contribution in [0.4, 0.5) is 0 Å². The molecule has 1 unspecified atom stereocenters. The second-order valence-electron chi connectivity index (χ2n) is 7.62. The molecule has 0 spiro atoms. The second-order valence-corrected chi connectivity index (χ2v) is 7.62. The molecule has 27 heavy (non-hydrogen) atoms. The van der Waals surface area contributed by atoms with E-state index in [0.717, 1.165) is 30.6 Å². The van der Waals surface area contributed by atoms with Gasteiger partial charge >= 0.3 is 0 Å². The van der Waals surface area contributed by atoms with E-state index in [2.05, 4.69) is 22.0 Å². The minimum absolute atomic E-state index is 0.113. The van der Waals surface area contributed by atoms with Gasteiger partial charge in [-0.1, -0.05) is 18.6 Å². The molecule has 2 fully saturated rings. The van der Waals surface area contributed by atoms with E-state index in [0.29, 0.717) is 31.1 Å². The minimum Gasteiger partial charge on any atom is -0.322 e. The van der Waals surface area contributed by atoms with E-state index in [1.165, 1.54) is 12.8 Å². The van der Waals surface area contributed by atoms with Crippen LogP contribution in [-0.4, -0.2) is 47.8 Å². The number of carbonyl (C=O) groups excluding carboxylic acids is 3. The molecule has 144 valence electrons. The molecule has 3 amide bonds. The second kappa shape index (κ2) is 7.78. The summed E-state index contributed by atoms with van der Waals surface area (Å²) in [5, 5.41) is 9.42. The van der Waals surface area contributed by atoms with Crippen molar-refractivity contribution in [2.24, 2.45) is 0 Å². The highest BCUT2D eigenvalue weighted by Crippen LogP contribution is 2.29. The zero-order chi connectivity index (χ0) is 18.8. The van der Waals surface area contributed by atoms with Crippen LogP contribution in [0.25, 0.3) is 0 Å². The summed E-state index contributed by atoms with van der Waals surface area (Å²) in [5.74, 6) is -0.739. The van der Waals surface area contributed by atoms with Gasteiger partial charge in [-0.2, -0.15) is 0 Å². The Morgan fingerprint density at radius 1 is 1.15 bits per heavy atom. The van der Waals surface area contributed by atoms with Crippen molar-refractivity contribution in [1.29, 1.82) is 0 Å². The summed E-state index contributed by atoms with van der Waals surface area (Å²) in [6.07, 6.45) is 4.27. The average molecular weight is 370 g/mol. The van der Waals surface area contributed by atoms with Crippen molar-refractivity contribution in [2.75, 3.05) is 13.1 Å². The summed E-state index contributed by atoms with van der Waals surface area (Å²) in [6, 6.07) is 5.67. The molecule has 2 atom stereocenters. The third-order valence-corrected chi connectivity index (χ3v) is 5.81. The van der Waals surface area contributed by atoms with Crippen molar-refractivity contribution >= 4 is 17.7 Å². The molecule has 7 nitrogen and oxygen atoms in total. The average Bonchev–Trinajstić information content (AvgIpc) is 2.84. The number of nitrogens with zero attached hydrogens (tertiary/aromatic N) is 1. The van der Waals surface area contributed by atoms with Gasteiger partial charge in [-0.15, -0.1) is 0 Å². The molecule has 3 aliphatic rings. The van der Waals surface area contributed by atoms with E-state index in [4.69, 9.17) is 0 Å². The number of nitrogens with one attached hydrogen (secondary N) is 3. The number of hydrogen-bond acceptors (Lipinski definition) is 5. The Labute approximate surface area is 158 Å². The smallest absolute Gasteiger partial charge is 0.255 e. The van der Waals surface area contributed by atoms with Crippen molar-refractivity contribution in [3.63, 3.8) is 0 Å². The van der Waals surface area contributed by atoms with Gasteiger partial charge in [-0.3, -0.25) is 19.7 Å². The summed E-state index contributed by atoms with van der Waals surface area (Å²) in [5.41, 5.74) is 2.79. The van der Waals surface area contributed by atoms with Crippen LogP contribution in [0.2, 0.25) is 0 Å². The van der Waals surface area contributed by atoms with Crippen LogP contribution in [0, 0.1) is 0 Å². The third kappa shape index (κ3) is 3.75. The first-order valence-corrected chi connectivity index (χ1v) is 9.83. The van der Waals surface area contributed by atoms with Crippen LogP contribution in [-0.2, 0) is 22.7 Å². The largest absolute Gasteiger partial charge is 0.322 e. The molecule has 1 aromatic carbocycles. The van der Waals surface area contributed by atoms with Crippen LogP contribution in [0.1, 0.15) is 53.6 Å². The van der Waals surface area contributed by atoms with Gasteiger partial charge in [0.25, 0.3) is 5.91 Å². The first-order chi connectivity index (χ1) is 13.1. The molecule has 3 N–H and O–H groups in total. The topological polar surface area (TPSA) is 90.5 Å². The molecule has 3 aliphatic heterocycles. The molecule has 7 heteroatoms. The zero-order valence-electron chi connectivity index (χ0n) is 15.4. The van der Waals surface area contributed by atoms with Gasteiger partial charge in [0.2, 0.25) is 11.8 Å². The summed E-state index contributed by atoms with van der Waals surface area (Å²) >= 11 is 0. The van der Waals surface area contributed by atoms with Crippen molar-refractivity contribution in [1.82, 2.24) is 20.9 Å². The Kier molecular flexibility index (Phi) is 5.22. The Morgan fingerprint density at radius 2 is 2.04 bits per heavy atom. The first kappa shape index (κ1) is 18.1. The Balaban J connectivity index is 1.47. The number of piperidine rings is 1. The van der Waals surface area contributed by atoms with Gasteiger partial charge in [0.1, 0.15) is 6.04 Å². The van der Waals surface area contributed by atoms with Crippen LogP contribution in [0.15, 0.2) is 18.2 Å². The summed E-state index contributed by atoms with van der Waals surface area (Å²) in [4.78, 5) is 38.1. The molecule has 4 rings (SSSR count). The quantitative estimate of drug-likeness (QED) is 0.678. The van der Waals surface area contributed by atoms with E-state index in [9.17, 15) is 14.4 Å². The molecule has 0 aromatic heterocycles. The van der Waals surface area contributed by atoms with Gasteiger partial charge in [0.15, 0.2) is 0 Å². The fraction of sp³-hybridized carbons (Fsp3) is 0.550. The normalized spacial score (nSPS) is 25.9. The lowest BCUT2D eigenvalue weighted by Crippen LogP contribution is -2.52.